The molecule has 20 heavy (non-hydrogen) atoms. The van der Waals surface area contributed by atoms with Crippen molar-refractivity contribution in [1.29, 1.82) is 0 Å². The minimum Gasteiger partial charge on any atom is -0.316 e. The van der Waals surface area contributed by atoms with Crippen LogP contribution in [0.2, 0.25) is 0 Å². The minimum absolute atomic E-state index is 0.515. The molecule has 3 heteroatoms. The van der Waals surface area contributed by atoms with Gasteiger partial charge in [0.1, 0.15) is 0 Å². The SMILES string of the molecule is CC1(CN2CCC(CSc3ccccc3)C2)CCNC1. The fraction of sp³-hybridized carbons (Fsp3) is 0.647. The van der Waals surface area contributed by atoms with Crippen LogP contribution in [0.4, 0.5) is 0 Å². The zero-order valence-corrected chi connectivity index (χ0v) is 13.3. The molecule has 0 bridgehead atoms. The van der Waals surface area contributed by atoms with E-state index in [2.05, 4.69) is 47.5 Å². The number of rotatable bonds is 5. The summed E-state index contributed by atoms with van der Waals surface area (Å²) in [7, 11) is 0. The van der Waals surface area contributed by atoms with Gasteiger partial charge in [0.05, 0.1) is 0 Å². The summed E-state index contributed by atoms with van der Waals surface area (Å²) in [5, 5.41) is 3.51. The van der Waals surface area contributed by atoms with E-state index in [1.165, 1.54) is 56.2 Å². The van der Waals surface area contributed by atoms with Gasteiger partial charge >= 0.3 is 0 Å². The largest absolute Gasteiger partial charge is 0.316 e. The Morgan fingerprint density at radius 3 is 2.95 bits per heavy atom. The molecular weight excluding hydrogens is 264 g/mol. The molecule has 2 fully saturated rings. The lowest BCUT2D eigenvalue weighted by molar-refractivity contribution is 0.205. The van der Waals surface area contributed by atoms with E-state index in [9.17, 15) is 0 Å². The van der Waals surface area contributed by atoms with Crippen LogP contribution >= 0.6 is 11.8 Å². The maximum absolute atomic E-state index is 3.51. The summed E-state index contributed by atoms with van der Waals surface area (Å²) in [4.78, 5) is 4.11. The predicted molar refractivity (Wildman–Crippen MR) is 87.3 cm³/mol. The van der Waals surface area contributed by atoms with Crippen LogP contribution in [0.1, 0.15) is 19.8 Å². The van der Waals surface area contributed by atoms with Gasteiger partial charge in [0, 0.05) is 30.3 Å². The van der Waals surface area contributed by atoms with Crippen molar-refractivity contribution in [3.8, 4) is 0 Å². The average molecular weight is 290 g/mol. The molecule has 2 aliphatic rings. The van der Waals surface area contributed by atoms with Crippen molar-refractivity contribution < 1.29 is 0 Å². The molecule has 1 aromatic rings. The van der Waals surface area contributed by atoms with Gasteiger partial charge in [0.2, 0.25) is 0 Å². The molecule has 0 saturated carbocycles. The number of nitrogens with one attached hydrogen (secondary N) is 1. The molecule has 1 aromatic carbocycles. The highest BCUT2D eigenvalue weighted by Gasteiger charge is 2.33. The second kappa shape index (κ2) is 6.50. The summed E-state index contributed by atoms with van der Waals surface area (Å²) in [5.74, 6) is 2.15. The second-order valence-corrected chi connectivity index (χ2v) is 7.84. The molecule has 2 atom stereocenters. The Hall–Kier alpha value is -0.510. The maximum atomic E-state index is 3.51. The van der Waals surface area contributed by atoms with Crippen molar-refractivity contribution in [2.45, 2.75) is 24.7 Å². The van der Waals surface area contributed by atoms with Gasteiger partial charge in [-0.1, -0.05) is 25.1 Å². The number of nitrogens with zero attached hydrogens (tertiary/aromatic N) is 1. The van der Waals surface area contributed by atoms with E-state index >= 15 is 0 Å². The molecule has 2 saturated heterocycles. The van der Waals surface area contributed by atoms with E-state index in [1.54, 1.807) is 0 Å². The average Bonchev–Trinajstić information content (AvgIpc) is 3.07. The molecular formula is C17H26N2S. The molecule has 0 aromatic heterocycles. The van der Waals surface area contributed by atoms with E-state index in [-0.39, 0.29) is 0 Å². The molecule has 2 nitrogen and oxygen atoms in total. The van der Waals surface area contributed by atoms with Crippen molar-refractivity contribution in [2.24, 2.45) is 11.3 Å². The molecule has 0 radical (unpaired) electrons. The summed E-state index contributed by atoms with van der Waals surface area (Å²) in [6, 6.07) is 10.8. The van der Waals surface area contributed by atoms with Gasteiger partial charge in [-0.3, -0.25) is 0 Å². The van der Waals surface area contributed by atoms with Gasteiger partial charge in [-0.2, -0.15) is 0 Å². The Bertz CT molecular complexity index is 414. The zero-order valence-electron chi connectivity index (χ0n) is 12.5. The van der Waals surface area contributed by atoms with Gasteiger partial charge in [-0.25, -0.2) is 0 Å². The predicted octanol–water partition coefficient (Wildman–Crippen LogP) is 3.10. The summed E-state index contributed by atoms with van der Waals surface area (Å²) in [5.41, 5.74) is 0.515. The zero-order chi connectivity index (χ0) is 13.8. The van der Waals surface area contributed by atoms with E-state index < -0.39 is 0 Å². The molecule has 110 valence electrons. The van der Waals surface area contributed by atoms with Crippen LogP contribution in [0.5, 0.6) is 0 Å². The Morgan fingerprint density at radius 2 is 2.20 bits per heavy atom. The molecule has 0 spiro atoms. The topological polar surface area (TPSA) is 15.3 Å². The Kier molecular flexibility index (Phi) is 4.69. The summed E-state index contributed by atoms with van der Waals surface area (Å²) in [6.45, 7) is 8.74. The second-order valence-electron chi connectivity index (χ2n) is 6.75. The van der Waals surface area contributed by atoms with Crippen LogP contribution in [0, 0.1) is 11.3 Å². The number of benzene rings is 1. The Balaban J connectivity index is 1.43. The third-order valence-electron chi connectivity index (χ3n) is 4.66. The van der Waals surface area contributed by atoms with Gasteiger partial charge in [-0.05, 0) is 49.4 Å². The molecule has 0 amide bonds. The standard InChI is InChI=1S/C17H26N2S/c1-17(8-9-18-13-17)14-19-10-7-15(11-19)12-20-16-5-3-2-4-6-16/h2-6,15,18H,7-14H2,1H3. The molecule has 0 aliphatic carbocycles. The third-order valence-corrected chi connectivity index (χ3v) is 5.90. The monoisotopic (exact) mass is 290 g/mol. The first-order valence-corrected chi connectivity index (χ1v) is 8.83. The first-order valence-electron chi connectivity index (χ1n) is 7.84. The van der Waals surface area contributed by atoms with Crippen molar-refractivity contribution in [3.05, 3.63) is 30.3 Å². The molecule has 2 unspecified atom stereocenters. The Labute approximate surface area is 127 Å². The summed E-state index contributed by atoms with van der Waals surface area (Å²) < 4.78 is 0. The van der Waals surface area contributed by atoms with Gasteiger partial charge < -0.3 is 10.2 Å². The summed E-state index contributed by atoms with van der Waals surface area (Å²) in [6.07, 6.45) is 2.72. The normalized spacial score (nSPS) is 30.9. The van der Waals surface area contributed by atoms with Crippen LogP contribution in [-0.2, 0) is 0 Å². The highest BCUT2D eigenvalue weighted by atomic mass is 32.2. The van der Waals surface area contributed by atoms with Gasteiger partial charge in [0.15, 0.2) is 0 Å². The fourth-order valence-corrected chi connectivity index (χ4v) is 4.52. The molecule has 2 heterocycles. The first kappa shape index (κ1) is 14.4. The van der Waals surface area contributed by atoms with Crippen molar-refractivity contribution in [3.63, 3.8) is 0 Å². The minimum atomic E-state index is 0.515. The van der Waals surface area contributed by atoms with E-state index in [0.29, 0.717) is 5.41 Å². The van der Waals surface area contributed by atoms with Crippen LogP contribution in [0.15, 0.2) is 35.2 Å². The van der Waals surface area contributed by atoms with Crippen molar-refractivity contribution >= 4 is 11.8 Å². The smallest absolute Gasteiger partial charge is 0.00720 e. The van der Waals surface area contributed by atoms with Crippen LogP contribution in [0.3, 0.4) is 0 Å². The maximum Gasteiger partial charge on any atom is 0.00720 e. The lowest BCUT2D eigenvalue weighted by Gasteiger charge is -2.29. The van der Waals surface area contributed by atoms with Gasteiger partial charge in [-0.15, -0.1) is 11.8 Å². The highest BCUT2D eigenvalue weighted by Crippen LogP contribution is 2.30. The lowest BCUT2D eigenvalue weighted by Crippen LogP contribution is -2.36. The van der Waals surface area contributed by atoms with Gasteiger partial charge in [0.25, 0.3) is 0 Å². The van der Waals surface area contributed by atoms with E-state index in [1.807, 2.05) is 11.8 Å². The quantitative estimate of drug-likeness (QED) is 0.839. The molecule has 3 rings (SSSR count). The van der Waals surface area contributed by atoms with Crippen molar-refractivity contribution in [2.75, 3.05) is 38.5 Å². The molecule has 2 aliphatic heterocycles. The Morgan fingerprint density at radius 1 is 1.35 bits per heavy atom. The van der Waals surface area contributed by atoms with E-state index in [4.69, 9.17) is 0 Å². The fourth-order valence-electron chi connectivity index (χ4n) is 3.47. The van der Waals surface area contributed by atoms with E-state index in [0.717, 1.165) is 5.92 Å². The van der Waals surface area contributed by atoms with Crippen LogP contribution in [0.25, 0.3) is 0 Å². The number of thioether (sulfide) groups is 1. The number of hydrogen-bond acceptors (Lipinski definition) is 3. The third kappa shape index (κ3) is 3.78. The molecule has 1 N–H and O–H groups in total. The highest BCUT2D eigenvalue weighted by molar-refractivity contribution is 7.99. The van der Waals surface area contributed by atoms with Crippen molar-refractivity contribution in [1.82, 2.24) is 10.2 Å². The van der Waals surface area contributed by atoms with Crippen LogP contribution < -0.4 is 5.32 Å². The van der Waals surface area contributed by atoms with Crippen LogP contribution in [-0.4, -0.2) is 43.4 Å². The summed E-state index contributed by atoms with van der Waals surface area (Å²) >= 11 is 2.02. The number of likely N-dealkylation sites (tertiary alicyclic amines) is 1. The first-order chi connectivity index (χ1) is 9.73. The number of hydrogen-bond donors (Lipinski definition) is 1. The lowest BCUT2D eigenvalue weighted by atomic mass is 9.89.